The number of hydrogen-bond donors (Lipinski definition) is 0. The van der Waals surface area contributed by atoms with Crippen LogP contribution in [0.3, 0.4) is 0 Å². The van der Waals surface area contributed by atoms with Gasteiger partial charge in [0.15, 0.2) is 0 Å². The second-order valence-electron chi connectivity index (χ2n) is 5.58. The zero-order valence-corrected chi connectivity index (χ0v) is 13.1. The van der Waals surface area contributed by atoms with Crippen molar-refractivity contribution in [3.05, 3.63) is 93.6 Å². The molecule has 0 aliphatic heterocycles. The average molecular weight is 321 g/mol. The van der Waals surface area contributed by atoms with Crippen molar-refractivity contribution >= 4 is 21.9 Å². The lowest BCUT2D eigenvalue weighted by Crippen LogP contribution is -2.01. The van der Waals surface area contributed by atoms with Gasteiger partial charge in [-0.3, -0.25) is 4.79 Å². The predicted molar refractivity (Wildman–Crippen MR) is 97.1 cm³/mol. The van der Waals surface area contributed by atoms with Crippen LogP contribution in [0.4, 0.5) is 0 Å². The normalized spacial score (nSPS) is 10.2. The summed E-state index contributed by atoms with van der Waals surface area (Å²) in [6.45, 7) is 0. The predicted octanol–water partition coefficient (Wildman–Crippen LogP) is 4.22. The van der Waals surface area contributed by atoms with Gasteiger partial charge < -0.3 is 4.42 Å². The van der Waals surface area contributed by atoms with Crippen LogP contribution >= 0.6 is 0 Å². The Bertz CT molecular complexity index is 1260. The van der Waals surface area contributed by atoms with E-state index in [2.05, 4.69) is 17.9 Å². The van der Waals surface area contributed by atoms with Gasteiger partial charge in [-0.1, -0.05) is 24.0 Å². The first-order valence-corrected chi connectivity index (χ1v) is 7.72. The lowest BCUT2D eigenvalue weighted by molar-refractivity contribution is 0.660. The van der Waals surface area contributed by atoms with Crippen LogP contribution in [-0.2, 0) is 0 Å². The van der Waals surface area contributed by atoms with E-state index in [0.717, 1.165) is 11.1 Å². The summed E-state index contributed by atoms with van der Waals surface area (Å²) in [7, 11) is 0. The minimum Gasteiger partial charge on any atom is -0.456 e. The number of nitriles is 1. The van der Waals surface area contributed by atoms with Gasteiger partial charge in [0.05, 0.1) is 22.4 Å². The van der Waals surface area contributed by atoms with E-state index in [1.807, 2.05) is 18.2 Å². The standard InChI is InChI=1S/C22H11NO2/c23-14-17-9-6-15(7-10-17)5-8-16-11-12-19-21(13-16)25-20-4-2-1-3-18(20)22(19)24/h1-4,6-7,9-13H. The monoisotopic (exact) mass is 321 g/mol. The highest BCUT2D eigenvalue weighted by Gasteiger charge is 2.07. The van der Waals surface area contributed by atoms with Crippen LogP contribution in [0.5, 0.6) is 0 Å². The van der Waals surface area contributed by atoms with Gasteiger partial charge in [-0.05, 0) is 54.6 Å². The molecule has 0 N–H and O–H groups in total. The lowest BCUT2D eigenvalue weighted by atomic mass is 10.1. The molecule has 3 nitrogen and oxygen atoms in total. The van der Waals surface area contributed by atoms with Crippen LogP contribution in [0, 0.1) is 23.2 Å². The summed E-state index contributed by atoms with van der Waals surface area (Å²) in [5.41, 5.74) is 3.23. The minimum absolute atomic E-state index is 0.0385. The Morgan fingerprint density at radius 2 is 1.36 bits per heavy atom. The highest BCUT2D eigenvalue weighted by Crippen LogP contribution is 2.19. The van der Waals surface area contributed by atoms with Crippen LogP contribution in [-0.4, -0.2) is 0 Å². The van der Waals surface area contributed by atoms with Crippen molar-refractivity contribution in [3.63, 3.8) is 0 Å². The molecule has 25 heavy (non-hydrogen) atoms. The van der Waals surface area contributed by atoms with E-state index in [1.165, 1.54) is 0 Å². The molecule has 3 heteroatoms. The summed E-state index contributed by atoms with van der Waals surface area (Å²) in [6.07, 6.45) is 0. The Labute approximate surface area is 143 Å². The molecule has 0 unspecified atom stereocenters. The van der Waals surface area contributed by atoms with Crippen molar-refractivity contribution in [2.45, 2.75) is 0 Å². The fraction of sp³-hybridized carbons (Fsp3) is 0. The zero-order chi connectivity index (χ0) is 17.2. The Kier molecular flexibility index (Phi) is 3.54. The molecule has 0 radical (unpaired) electrons. The number of hydrogen-bond acceptors (Lipinski definition) is 3. The first kappa shape index (κ1) is 14.8. The maximum atomic E-state index is 12.5. The first-order chi connectivity index (χ1) is 12.2. The Balaban J connectivity index is 1.79. The van der Waals surface area contributed by atoms with Crippen LogP contribution in [0.1, 0.15) is 16.7 Å². The quantitative estimate of drug-likeness (QED) is 0.360. The average Bonchev–Trinajstić information content (AvgIpc) is 2.67. The topological polar surface area (TPSA) is 54.0 Å². The second-order valence-corrected chi connectivity index (χ2v) is 5.58. The van der Waals surface area contributed by atoms with Crippen LogP contribution in [0.25, 0.3) is 21.9 Å². The summed E-state index contributed by atoms with van der Waals surface area (Å²) in [5, 5.41) is 9.93. The van der Waals surface area contributed by atoms with Gasteiger partial charge >= 0.3 is 0 Å². The molecular weight excluding hydrogens is 310 g/mol. The molecule has 1 aromatic heterocycles. The maximum absolute atomic E-state index is 12.5. The van der Waals surface area contributed by atoms with Crippen molar-refractivity contribution in [3.8, 4) is 17.9 Å². The molecule has 4 rings (SSSR count). The number of nitrogens with zero attached hydrogens (tertiary/aromatic N) is 1. The molecule has 0 aliphatic carbocycles. The third-order valence-electron chi connectivity index (χ3n) is 3.94. The summed E-state index contributed by atoms with van der Waals surface area (Å²) in [4.78, 5) is 12.5. The number of fused-ring (bicyclic) bond motifs is 2. The van der Waals surface area contributed by atoms with Gasteiger partial charge in [0.25, 0.3) is 0 Å². The van der Waals surface area contributed by atoms with E-state index in [9.17, 15) is 4.79 Å². The van der Waals surface area contributed by atoms with Crippen molar-refractivity contribution in [2.24, 2.45) is 0 Å². The third-order valence-corrected chi connectivity index (χ3v) is 3.94. The van der Waals surface area contributed by atoms with E-state index in [1.54, 1.807) is 48.5 Å². The third kappa shape index (κ3) is 2.76. The summed E-state index contributed by atoms with van der Waals surface area (Å²) in [6, 6.07) is 21.7. The van der Waals surface area contributed by atoms with E-state index in [0.29, 0.717) is 27.5 Å². The van der Waals surface area contributed by atoms with Crippen LogP contribution in [0.15, 0.2) is 75.9 Å². The molecule has 0 bridgehead atoms. The molecule has 0 fully saturated rings. The first-order valence-electron chi connectivity index (χ1n) is 7.72. The highest BCUT2D eigenvalue weighted by atomic mass is 16.3. The molecule has 0 amide bonds. The van der Waals surface area contributed by atoms with Gasteiger partial charge in [-0.15, -0.1) is 0 Å². The SMILES string of the molecule is N#Cc1ccc(C#Cc2ccc3c(=O)c4ccccc4oc3c2)cc1. The second kappa shape index (κ2) is 6.00. The van der Waals surface area contributed by atoms with E-state index >= 15 is 0 Å². The Morgan fingerprint density at radius 1 is 0.720 bits per heavy atom. The maximum Gasteiger partial charge on any atom is 0.200 e. The van der Waals surface area contributed by atoms with Gasteiger partial charge in [0.2, 0.25) is 5.43 Å². The molecule has 3 aromatic carbocycles. The van der Waals surface area contributed by atoms with Crippen molar-refractivity contribution < 1.29 is 4.42 Å². The van der Waals surface area contributed by atoms with E-state index in [-0.39, 0.29) is 5.43 Å². The van der Waals surface area contributed by atoms with Gasteiger partial charge in [0, 0.05) is 11.1 Å². The molecule has 1 heterocycles. The largest absolute Gasteiger partial charge is 0.456 e. The van der Waals surface area contributed by atoms with Gasteiger partial charge in [0.1, 0.15) is 11.2 Å². The molecule has 0 saturated heterocycles. The molecule has 4 aromatic rings. The van der Waals surface area contributed by atoms with Gasteiger partial charge in [-0.2, -0.15) is 5.26 Å². The molecule has 116 valence electrons. The van der Waals surface area contributed by atoms with E-state index < -0.39 is 0 Å². The molecule has 0 aliphatic rings. The van der Waals surface area contributed by atoms with Gasteiger partial charge in [-0.25, -0.2) is 0 Å². The van der Waals surface area contributed by atoms with E-state index in [4.69, 9.17) is 9.68 Å². The zero-order valence-electron chi connectivity index (χ0n) is 13.1. The number of benzene rings is 3. The number of rotatable bonds is 0. The fourth-order valence-electron chi connectivity index (χ4n) is 2.65. The molecule has 0 atom stereocenters. The molecular formula is C22H11NO2. The Morgan fingerprint density at radius 3 is 2.16 bits per heavy atom. The van der Waals surface area contributed by atoms with Crippen LogP contribution in [0.2, 0.25) is 0 Å². The van der Waals surface area contributed by atoms with Crippen LogP contribution < -0.4 is 5.43 Å². The highest BCUT2D eigenvalue weighted by molar-refractivity contribution is 5.90. The number of para-hydroxylation sites is 1. The molecule has 0 saturated carbocycles. The lowest BCUT2D eigenvalue weighted by Gasteiger charge is -2.01. The smallest absolute Gasteiger partial charge is 0.200 e. The Hall–Kier alpha value is -3.82. The summed E-state index contributed by atoms with van der Waals surface area (Å²) in [5.74, 6) is 6.11. The van der Waals surface area contributed by atoms with Crippen molar-refractivity contribution in [2.75, 3.05) is 0 Å². The molecule has 0 spiro atoms. The van der Waals surface area contributed by atoms with Crippen molar-refractivity contribution in [1.82, 2.24) is 0 Å². The summed E-state index contributed by atoms with van der Waals surface area (Å²) < 4.78 is 5.85. The summed E-state index contributed by atoms with van der Waals surface area (Å²) >= 11 is 0. The minimum atomic E-state index is -0.0385. The fourth-order valence-corrected chi connectivity index (χ4v) is 2.65. The van der Waals surface area contributed by atoms with Crippen molar-refractivity contribution in [1.29, 1.82) is 5.26 Å².